The van der Waals surface area contributed by atoms with Gasteiger partial charge in [-0.2, -0.15) is 0 Å². The molecule has 4 heteroatoms. The van der Waals surface area contributed by atoms with Crippen LogP contribution in [0, 0.1) is 0 Å². The van der Waals surface area contributed by atoms with Crippen molar-refractivity contribution in [1.29, 1.82) is 0 Å². The van der Waals surface area contributed by atoms with Crippen molar-refractivity contribution in [2.75, 3.05) is 12.0 Å². The molecule has 1 aliphatic heterocycles. The Balaban J connectivity index is 1.81. The van der Waals surface area contributed by atoms with Gasteiger partial charge in [0.2, 0.25) is 0 Å². The Morgan fingerprint density at radius 3 is 2.25 bits per heavy atom. The number of para-hydroxylation sites is 2. The zero-order chi connectivity index (χ0) is 19.5. The molecular weight excluding hydrogens is 350 g/mol. The number of rotatable bonds is 4. The van der Waals surface area contributed by atoms with Gasteiger partial charge >= 0.3 is 0 Å². The fourth-order valence-corrected chi connectivity index (χ4v) is 3.21. The predicted molar refractivity (Wildman–Crippen MR) is 111 cm³/mol. The third-order valence-corrected chi connectivity index (χ3v) is 4.61. The Morgan fingerprint density at radius 1 is 0.893 bits per heavy atom. The molecule has 0 fully saturated rings. The standard InChI is InChI=1S/C24H19NO3/c1-28-20-13-11-17(12-14-20)15-19-16-22(18-7-3-2-4-8-18)25(24(19)27)21-9-5-6-10-23(21)26/h2-16,26H,1H3. The van der Waals surface area contributed by atoms with Gasteiger partial charge in [-0.05, 0) is 47.5 Å². The largest absolute Gasteiger partial charge is 0.506 e. The molecule has 0 unspecified atom stereocenters. The molecule has 1 heterocycles. The number of carbonyl (C=O) groups excluding carboxylic acids is 1. The van der Waals surface area contributed by atoms with E-state index in [9.17, 15) is 9.90 Å². The van der Waals surface area contributed by atoms with E-state index < -0.39 is 0 Å². The summed E-state index contributed by atoms with van der Waals surface area (Å²) in [6, 6.07) is 24.0. The van der Waals surface area contributed by atoms with Gasteiger partial charge in [0.05, 0.1) is 18.5 Å². The average molecular weight is 369 g/mol. The molecule has 4 nitrogen and oxygen atoms in total. The molecule has 4 rings (SSSR count). The van der Waals surface area contributed by atoms with E-state index in [2.05, 4.69) is 0 Å². The van der Waals surface area contributed by atoms with Gasteiger partial charge in [0.1, 0.15) is 11.5 Å². The van der Waals surface area contributed by atoms with E-state index in [0.717, 1.165) is 22.6 Å². The summed E-state index contributed by atoms with van der Waals surface area (Å²) in [6.07, 6.45) is 3.69. The first-order valence-electron chi connectivity index (χ1n) is 8.93. The van der Waals surface area contributed by atoms with E-state index in [1.54, 1.807) is 36.3 Å². The van der Waals surface area contributed by atoms with Gasteiger partial charge in [-0.1, -0.05) is 54.6 Å². The highest BCUT2D eigenvalue weighted by atomic mass is 16.5. The Morgan fingerprint density at radius 2 is 1.57 bits per heavy atom. The monoisotopic (exact) mass is 369 g/mol. The second-order valence-electron chi connectivity index (χ2n) is 6.40. The zero-order valence-corrected chi connectivity index (χ0v) is 15.4. The molecule has 0 bridgehead atoms. The van der Waals surface area contributed by atoms with Crippen LogP contribution in [0.1, 0.15) is 11.1 Å². The van der Waals surface area contributed by atoms with Crippen molar-refractivity contribution in [1.82, 2.24) is 0 Å². The van der Waals surface area contributed by atoms with Gasteiger partial charge in [0.15, 0.2) is 0 Å². The van der Waals surface area contributed by atoms with Gasteiger partial charge in [0, 0.05) is 5.57 Å². The minimum Gasteiger partial charge on any atom is -0.506 e. The van der Waals surface area contributed by atoms with Crippen LogP contribution in [0.25, 0.3) is 11.8 Å². The molecule has 28 heavy (non-hydrogen) atoms. The average Bonchev–Trinajstić information content (AvgIpc) is 3.06. The topological polar surface area (TPSA) is 49.8 Å². The normalized spacial score (nSPS) is 15.0. The van der Waals surface area contributed by atoms with Crippen molar-refractivity contribution in [2.24, 2.45) is 0 Å². The summed E-state index contributed by atoms with van der Waals surface area (Å²) < 4.78 is 5.19. The van der Waals surface area contributed by atoms with Crippen LogP contribution in [0.15, 0.2) is 90.5 Å². The van der Waals surface area contributed by atoms with Crippen molar-refractivity contribution in [2.45, 2.75) is 0 Å². The van der Waals surface area contributed by atoms with Crippen LogP contribution in [0.4, 0.5) is 5.69 Å². The smallest absolute Gasteiger partial charge is 0.263 e. The van der Waals surface area contributed by atoms with Crippen LogP contribution in [0.2, 0.25) is 0 Å². The fourth-order valence-electron chi connectivity index (χ4n) is 3.21. The van der Waals surface area contributed by atoms with E-state index in [-0.39, 0.29) is 11.7 Å². The van der Waals surface area contributed by atoms with Gasteiger partial charge in [-0.25, -0.2) is 0 Å². The first-order chi connectivity index (χ1) is 13.7. The first-order valence-corrected chi connectivity index (χ1v) is 8.93. The number of hydrogen-bond acceptors (Lipinski definition) is 3. The number of benzene rings is 3. The van der Waals surface area contributed by atoms with Gasteiger partial charge in [-0.3, -0.25) is 9.69 Å². The van der Waals surface area contributed by atoms with Gasteiger partial charge in [-0.15, -0.1) is 0 Å². The summed E-state index contributed by atoms with van der Waals surface area (Å²) in [5.74, 6) is 0.635. The lowest BCUT2D eigenvalue weighted by Crippen LogP contribution is -2.25. The fraction of sp³-hybridized carbons (Fsp3) is 0.0417. The summed E-state index contributed by atoms with van der Waals surface area (Å²) in [7, 11) is 1.62. The lowest BCUT2D eigenvalue weighted by atomic mass is 10.1. The summed E-state index contributed by atoms with van der Waals surface area (Å²) >= 11 is 0. The van der Waals surface area contributed by atoms with Gasteiger partial charge < -0.3 is 9.84 Å². The quantitative estimate of drug-likeness (QED) is 0.668. The van der Waals surface area contributed by atoms with Crippen LogP contribution < -0.4 is 9.64 Å². The van der Waals surface area contributed by atoms with Crippen molar-refractivity contribution in [3.63, 3.8) is 0 Å². The first kappa shape index (κ1) is 17.6. The molecule has 0 aromatic heterocycles. The summed E-state index contributed by atoms with van der Waals surface area (Å²) in [5.41, 5.74) is 3.53. The summed E-state index contributed by atoms with van der Waals surface area (Å²) in [5, 5.41) is 10.3. The van der Waals surface area contributed by atoms with E-state index >= 15 is 0 Å². The van der Waals surface area contributed by atoms with E-state index in [1.165, 1.54) is 0 Å². The maximum atomic E-state index is 13.2. The number of carbonyl (C=O) groups is 1. The number of phenolic OH excluding ortho intramolecular Hbond substituents is 1. The lowest BCUT2D eigenvalue weighted by molar-refractivity contribution is -0.113. The van der Waals surface area contributed by atoms with Crippen LogP contribution in [-0.4, -0.2) is 18.1 Å². The van der Waals surface area contributed by atoms with Crippen molar-refractivity contribution < 1.29 is 14.6 Å². The van der Waals surface area contributed by atoms with E-state index in [0.29, 0.717) is 11.3 Å². The Bertz CT molecular complexity index is 1070. The van der Waals surface area contributed by atoms with Crippen LogP contribution in [-0.2, 0) is 4.79 Å². The van der Waals surface area contributed by atoms with Gasteiger partial charge in [0.25, 0.3) is 5.91 Å². The molecule has 3 aromatic carbocycles. The van der Waals surface area contributed by atoms with E-state index in [1.807, 2.05) is 66.7 Å². The molecule has 0 saturated carbocycles. The molecule has 0 atom stereocenters. The molecule has 0 radical (unpaired) electrons. The predicted octanol–water partition coefficient (Wildman–Crippen LogP) is 4.87. The van der Waals surface area contributed by atoms with Crippen molar-refractivity contribution in [3.05, 3.63) is 102 Å². The number of ether oxygens (including phenoxy) is 1. The number of methoxy groups -OCH3 is 1. The highest BCUT2D eigenvalue weighted by molar-refractivity contribution is 6.23. The molecule has 0 spiro atoms. The number of hydrogen-bond donors (Lipinski definition) is 1. The highest BCUT2D eigenvalue weighted by Gasteiger charge is 2.31. The second-order valence-corrected chi connectivity index (χ2v) is 6.40. The SMILES string of the molecule is COc1ccc(C=C2C=C(c3ccccc3)N(c3ccccc3O)C2=O)cc1. The number of amides is 1. The molecule has 0 saturated heterocycles. The maximum Gasteiger partial charge on any atom is 0.263 e. The molecule has 1 aliphatic rings. The van der Waals surface area contributed by atoms with Crippen molar-refractivity contribution in [3.8, 4) is 11.5 Å². The molecular formula is C24H19NO3. The van der Waals surface area contributed by atoms with Crippen LogP contribution in [0.3, 0.4) is 0 Å². The zero-order valence-electron chi connectivity index (χ0n) is 15.4. The minimum absolute atomic E-state index is 0.0587. The number of nitrogens with zero attached hydrogens (tertiary/aromatic N) is 1. The van der Waals surface area contributed by atoms with Crippen molar-refractivity contribution >= 4 is 23.4 Å². The number of anilines is 1. The third kappa shape index (κ3) is 3.28. The van der Waals surface area contributed by atoms with E-state index in [4.69, 9.17) is 4.74 Å². The highest BCUT2D eigenvalue weighted by Crippen LogP contribution is 2.39. The Hall–Kier alpha value is -3.79. The molecule has 1 amide bonds. The molecule has 138 valence electrons. The minimum atomic E-state index is -0.184. The summed E-state index contributed by atoms with van der Waals surface area (Å²) in [4.78, 5) is 14.8. The molecule has 3 aromatic rings. The third-order valence-electron chi connectivity index (χ3n) is 4.61. The number of aromatic hydroxyl groups is 1. The summed E-state index contributed by atoms with van der Waals surface area (Å²) in [6.45, 7) is 0. The maximum absolute atomic E-state index is 13.2. The van der Waals surface area contributed by atoms with Crippen LogP contribution >= 0.6 is 0 Å². The Kier molecular flexibility index (Phi) is 4.68. The lowest BCUT2D eigenvalue weighted by Gasteiger charge is -2.21. The number of phenols is 1. The molecule has 0 aliphatic carbocycles. The second kappa shape index (κ2) is 7.45. The Labute approximate surface area is 163 Å². The molecule has 1 N–H and O–H groups in total. The van der Waals surface area contributed by atoms with Crippen LogP contribution in [0.5, 0.6) is 11.5 Å².